The van der Waals surface area contributed by atoms with Crippen LogP contribution in [0, 0.1) is 24.4 Å². The first kappa shape index (κ1) is 13.1. The Labute approximate surface area is 107 Å². The van der Waals surface area contributed by atoms with E-state index in [1.807, 2.05) is 0 Å². The normalized spacial score (nSPS) is 10.3. The lowest BCUT2D eigenvalue weighted by atomic mass is 10.2. The average molecular weight is 266 g/mol. The molecule has 2 rings (SSSR count). The number of rotatable bonds is 2. The van der Waals surface area contributed by atoms with Crippen molar-refractivity contribution >= 4 is 5.97 Å². The molecule has 0 fully saturated rings. The van der Waals surface area contributed by atoms with Crippen molar-refractivity contribution < 1.29 is 22.7 Å². The van der Waals surface area contributed by atoms with Gasteiger partial charge in [0.25, 0.3) is 0 Å². The third kappa shape index (κ3) is 3.13. The molecule has 98 valence electrons. The first-order chi connectivity index (χ1) is 8.95. The van der Waals surface area contributed by atoms with Gasteiger partial charge in [0.05, 0.1) is 5.56 Å². The zero-order valence-electron chi connectivity index (χ0n) is 9.91. The minimum absolute atomic E-state index is 0.291. The highest BCUT2D eigenvalue weighted by atomic mass is 19.1. The highest BCUT2D eigenvalue weighted by Gasteiger charge is 2.14. The molecule has 0 spiro atoms. The van der Waals surface area contributed by atoms with Gasteiger partial charge in [-0.2, -0.15) is 0 Å². The molecule has 0 atom stereocenters. The molecule has 0 aromatic heterocycles. The van der Waals surface area contributed by atoms with Crippen molar-refractivity contribution in [3.8, 4) is 5.75 Å². The summed E-state index contributed by atoms with van der Waals surface area (Å²) in [6.45, 7) is 1.68. The molecule has 0 aliphatic carbocycles. The van der Waals surface area contributed by atoms with Gasteiger partial charge in [0.2, 0.25) is 0 Å². The molecular weight excluding hydrogens is 257 g/mol. The molecule has 19 heavy (non-hydrogen) atoms. The number of carbonyl (C=O) groups excluding carboxylic acids is 1. The average Bonchev–Trinajstić information content (AvgIpc) is 2.31. The van der Waals surface area contributed by atoms with Gasteiger partial charge in [0.1, 0.15) is 11.6 Å². The Morgan fingerprint density at radius 2 is 1.63 bits per heavy atom. The fourth-order valence-electron chi connectivity index (χ4n) is 1.52. The summed E-state index contributed by atoms with van der Waals surface area (Å²) in [7, 11) is 0. The number of aryl methyl sites for hydroxylation is 1. The predicted molar refractivity (Wildman–Crippen MR) is 62.5 cm³/mol. The Balaban J connectivity index is 2.25. The molecule has 0 heterocycles. The van der Waals surface area contributed by atoms with Gasteiger partial charge in [0.15, 0.2) is 11.6 Å². The zero-order chi connectivity index (χ0) is 14.0. The summed E-state index contributed by atoms with van der Waals surface area (Å²) in [5, 5.41) is 0. The topological polar surface area (TPSA) is 26.3 Å². The smallest absolute Gasteiger partial charge is 0.343 e. The van der Waals surface area contributed by atoms with E-state index in [9.17, 15) is 18.0 Å². The van der Waals surface area contributed by atoms with Gasteiger partial charge in [-0.15, -0.1) is 0 Å². The highest BCUT2D eigenvalue weighted by molar-refractivity contribution is 5.91. The van der Waals surface area contributed by atoms with Crippen LogP contribution in [0.2, 0.25) is 0 Å². The van der Waals surface area contributed by atoms with Gasteiger partial charge in [-0.3, -0.25) is 0 Å². The van der Waals surface area contributed by atoms with Crippen molar-refractivity contribution in [1.82, 2.24) is 0 Å². The van der Waals surface area contributed by atoms with E-state index in [0.717, 1.165) is 12.1 Å². The SMILES string of the molecule is Cc1ccc(OC(=O)c2cc(F)cc(F)c2)c(F)c1. The molecule has 5 heteroatoms. The zero-order valence-corrected chi connectivity index (χ0v) is 9.91. The van der Waals surface area contributed by atoms with E-state index in [2.05, 4.69) is 0 Å². The number of carbonyl (C=O) groups is 1. The number of halogens is 3. The summed E-state index contributed by atoms with van der Waals surface area (Å²) >= 11 is 0. The summed E-state index contributed by atoms with van der Waals surface area (Å²) in [6.07, 6.45) is 0. The van der Waals surface area contributed by atoms with Crippen LogP contribution in [0.25, 0.3) is 0 Å². The summed E-state index contributed by atoms with van der Waals surface area (Å²) in [6, 6.07) is 6.28. The fraction of sp³-hybridized carbons (Fsp3) is 0.0714. The second-order valence-electron chi connectivity index (χ2n) is 3.98. The summed E-state index contributed by atoms with van der Waals surface area (Å²) < 4.78 is 44.1. The molecule has 0 saturated heterocycles. The fourth-order valence-corrected chi connectivity index (χ4v) is 1.52. The summed E-state index contributed by atoms with van der Waals surface area (Å²) in [4.78, 5) is 11.6. The highest BCUT2D eigenvalue weighted by Crippen LogP contribution is 2.19. The first-order valence-corrected chi connectivity index (χ1v) is 5.40. The molecule has 0 saturated carbocycles. The van der Waals surface area contributed by atoms with Crippen molar-refractivity contribution in [3.05, 3.63) is 65.0 Å². The van der Waals surface area contributed by atoms with Gasteiger partial charge in [-0.1, -0.05) is 6.07 Å². The molecule has 2 nitrogen and oxygen atoms in total. The minimum Gasteiger partial charge on any atom is -0.420 e. The molecule has 0 N–H and O–H groups in total. The Kier molecular flexibility index (Phi) is 3.55. The third-order valence-corrected chi connectivity index (χ3v) is 2.39. The minimum atomic E-state index is -1.03. The Morgan fingerprint density at radius 3 is 2.21 bits per heavy atom. The van der Waals surface area contributed by atoms with Gasteiger partial charge >= 0.3 is 5.97 Å². The van der Waals surface area contributed by atoms with Crippen LogP contribution in [0.4, 0.5) is 13.2 Å². The quantitative estimate of drug-likeness (QED) is 0.613. The third-order valence-electron chi connectivity index (χ3n) is 2.39. The molecule has 0 bridgehead atoms. The van der Waals surface area contributed by atoms with Crippen LogP contribution >= 0.6 is 0 Å². The van der Waals surface area contributed by atoms with Crippen molar-refractivity contribution in [3.63, 3.8) is 0 Å². The molecule has 0 aliphatic heterocycles. The van der Waals surface area contributed by atoms with E-state index in [4.69, 9.17) is 4.74 Å². The molecule has 0 aliphatic rings. The van der Waals surface area contributed by atoms with Crippen LogP contribution in [0.1, 0.15) is 15.9 Å². The Morgan fingerprint density at radius 1 is 1.00 bits per heavy atom. The molecule has 2 aromatic rings. The molecule has 0 amide bonds. The monoisotopic (exact) mass is 266 g/mol. The maximum atomic E-state index is 13.5. The van der Waals surface area contributed by atoms with E-state index in [-0.39, 0.29) is 11.3 Å². The standard InChI is InChI=1S/C14H9F3O2/c1-8-2-3-13(12(17)4-8)19-14(18)9-5-10(15)7-11(16)6-9/h2-7H,1H3. The van der Waals surface area contributed by atoms with Crippen LogP contribution in [-0.2, 0) is 0 Å². The molecular formula is C14H9F3O2. The number of hydrogen-bond acceptors (Lipinski definition) is 2. The van der Waals surface area contributed by atoms with Crippen LogP contribution in [0.5, 0.6) is 5.75 Å². The molecule has 0 unspecified atom stereocenters. The second-order valence-corrected chi connectivity index (χ2v) is 3.98. The van der Waals surface area contributed by atoms with Gasteiger partial charge < -0.3 is 4.74 Å². The Bertz CT molecular complexity index is 618. The lowest BCUT2D eigenvalue weighted by Crippen LogP contribution is -2.10. The van der Waals surface area contributed by atoms with E-state index >= 15 is 0 Å². The first-order valence-electron chi connectivity index (χ1n) is 5.40. The Hall–Kier alpha value is -2.30. The van der Waals surface area contributed by atoms with Gasteiger partial charge in [-0.25, -0.2) is 18.0 Å². The van der Waals surface area contributed by atoms with Crippen molar-refractivity contribution in [2.45, 2.75) is 6.92 Å². The summed E-state index contributed by atoms with van der Waals surface area (Å²) in [5.74, 6) is -3.85. The van der Waals surface area contributed by atoms with E-state index in [1.165, 1.54) is 12.1 Å². The van der Waals surface area contributed by atoms with Gasteiger partial charge in [0, 0.05) is 6.07 Å². The maximum Gasteiger partial charge on any atom is 0.343 e. The summed E-state index contributed by atoms with van der Waals surface area (Å²) in [5.41, 5.74) is 0.339. The molecule has 2 aromatic carbocycles. The maximum absolute atomic E-state index is 13.5. The number of ether oxygens (including phenoxy) is 1. The van der Waals surface area contributed by atoms with Crippen LogP contribution in [0.3, 0.4) is 0 Å². The lowest BCUT2D eigenvalue weighted by molar-refractivity contribution is 0.0726. The van der Waals surface area contributed by atoms with E-state index in [0.29, 0.717) is 11.6 Å². The number of esters is 1. The van der Waals surface area contributed by atoms with Crippen molar-refractivity contribution in [2.24, 2.45) is 0 Å². The lowest BCUT2D eigenvalue weighted by Gasteiger charge is -2.06. The van der Waals surface area contributed by atoms with Crippen LogP contribution in [0.15, 0.2) is 36.4 Å². The van der Waals surface area contributed by atoms with Crippen LogP contribution < -0.4 is 4.74 Å². The number of hydrogen-bond donors (Lipinski definition) is 0. The van der Waals surface area contributed by atoms with E-state index in [1.54, 1.807) is 13.0 Å². The van der Waals surface area contributed by atoms with Gasteiger partial charge in [-0.05, 0) is 36.8 Å². The molecule has 0 radical (unpaired) electrons. The van der Waals surface area contributed by atoms with E-state index < -0.39 is 23.4 Å². The van der Waals surface area contributed by atoms with Crippen molar-refractivity contribution in [1.29, 1.82) is 0 Å². The second kappa shape index (κ2) is 5.14. The van der Waals surface area contributed by atoms with Crippen LogP contribution in [-0.4, -0.2) is 5.97 Å². The predicted octanol–water partition coefficient (Wildman–Crippen LogP) is 3.63. The van der Waals surface area contributed by atoms with Crippen molar-refractivity contribution in [2.75, 3.05) is 0 Å². The largest absolute Gasteiger partial charge is 0.420 e. The number of benzene rings is 2.